The molecule has 0 fully saturated rings. The zero-order chi connectivity index (χ0) is 10.8. The second kappa shape index (κ2) is 3.88. The van der Waals surface area contributed by atoms with Gasteiger partial charge in [-0.15, -0.1) is 0 Å². The van der Waals surface area contributed by atoms with Gasteiger partial charge in [-0.1, -0.05) is 13.0 Å². The summed E-state index contributed by atoms with van der Waals surface area (Å²) in [6, 6.07) is 3.87. The predicted octanol–water partition coefficient (Wildman–Crippen LogP) is 1.03. The Morgan fingerprint density at radius 3 is 2.43 bits per heavy atom. The van der Waals surface area contributed by atoms with Crippen LogP contribution in [0.25, 0.3) is 0 Å². The Labute approximate surface area is 82.7 Å². The van der Waals surface area contributed by atoms with Crippen LogP contribution in [0, 0.1) is 0 Å². The molecule has 0 saturated carbocycles. The molecule has 0 aromatic heterocycles. The van der Waals surface area contributed by atoms with Gasteiger partial charge in [-0.2, -0.15) is 0 Å². The smallest absolute Gasteiger partial charge is 0.154 e. The fraction of sp³-hybridized carbons (Fsp3) is 0.333. The topological polar surface area (TPSA) is 74.6 Å². The molecule has 0 amide bonds. The molecule has 2 N–H and O–H groups in total. The molecule has 0 saturated heterocycles. The molecular weight excluding hydrogens is 204 g/mol. The highest BCUT2D eigenvalue weighted by Gasteiger charge is 2.12. The van der Waals surface area contributed by atoms with Gasteiger partial charge in [-0.05, 0) is 6.07 Å². The monoisotopic (exact) mass is 216 g/mol. The summed E-state index contributed by atoms with van der Waals surface area (Å²) in [6.07, 6.45) is 0. The first-order valence-electron chi connectivity index (χ1n) is 4.16. The number of hydrogen-bond acceptors (Lipinski definition) is 4. The van der Waals surface area contributed by atoms with E-state index in [1.165, 1.54) is 12.1 Å². The number of sulfone groups is 1. The molecule has 0 bridgehead atoms. The number of rotatable bonds is 3. The average Bonchev–Trinajstić information content (AvgIpc) is 2.10. The molecule has 4 nitrogen and oxygen atoms in total. The van der Waals surface area contributed by atoms with Crippen molar-refractivity contribution >= 4 is 9.84 Å². The summed E-state index contributed by atoms with van der Waals surface area (Å²) in [5, 5.41) is 18.3. The first-order valence-corrected chi connectivity index (χ1v) is 5.98. The van der Waals surface area contributed by atoms with Gasteiger partial charge in [-0.25, -0.2) is 8.42 Å². The Balaban J connectivity index is 2.99. The van der Waals surface area contributed by atoms with E-state index >= 15 is 0 Å². The molecule has 0 aliphatic carbocycles. The van der Waals surface area contributed by atoms with Crippen LogP contribution < -0.4 is 0 Å². The van der Waals surface area contributed by atoms with Crippen LogP contribution in [0.5, 0.6) is 11.5 Å². The molecule has 78 valence electrons. The minimum Gasteiger partial charge on any atom is -0.508 e. The highest BCUT2D eigenvalue weighted by molar-refractivity contribution is 7.90. The number of benzene rings is 1. The molecule has 0 aliphatic heterocycles. The highest BCUT2D eigenvalue weighted by atomic mass is 32.2. The zero-order valence-electron chi connectivity index (χ0n) is 7.77. The van der Waals surface area contributed by atoms with E-state index in [2.05, 4.69) is 0 Å². The second-order valence-electron chi connectivity index (χ2n) is 2.99. The maximum Gasteiger partial charge on any atom is 0.154 e. The lowest BCUT2D eigenvalue weighted by Gasteiger charge is -2.04. The van der Waals surface area contributed by atoms with Crippen LogP contribution in [-0.4, -0.2) is 24.4 Å². The van der Waals surface area contributed by atoms with Crippen LogP contribution in [0.2, 0.25) is 0 Å². The Morgan fingerprint density at radius 1 is 1.29 bits per heavy atom. The lowest BCUT2D eigenvalue weighted by atomic mass is 10.2. The molecule has 1 aromatic rings. The van der Waals surface area contributed by atoms with Gasteiger partial charge in [0, 0.05) is 17.4 Å². The minimum atomic E-state index is -3.15. The van der Waals surface area contributed by atoms with Gasteiger partial charge in [-0.3, -0.25) is 0 Å². The van der Waals surface area contributed by atoms with Crippen molar-refractivity contribution in [2.45, 2.75) is 12.7 Å². The first kappa shape index (κ1) is 10.8. The quantitative estimate of drug-likeness (QED) is 0.791. The molecule has 0 unspecified atom stereocenters. The summed E-state index contributed by atoms with van der Waals surface area (Å²) in [4.78, 5) is 0. The Kier molecular flexibility index (Phi) is 3.00. The number of phenols is 2. The average molecular weight is 216 g/mol. The van der Waals surface area contributed by atoms with Crippen molar-refractivity contribution in [3.05, 3.63) is 23.8 Å². The van der Waals surface area contributed by atoms with Gasteiger partial charge < -0.3 is 10.2 Å². The van der Waals surface area contributed by atoms with Crippen LogP contribution in [0.3, 0.4) is 0 Å². The summed E-state index contributed by atoms with van der Waals surface area (Å²) in [7, 11) is -3.15. The van der Waals surface area contributed by atoms with E-state index in [9.17, 15) is 13.5 Å². The van der Waals surface area contributed by atoms with Crippen molar-refractivity contribution in [3.8, 4) is 11.5 Å². The molecule has 5 heteroatoms. The van der Waals surface area contributed by atoms with Crippen LogP contribution in [0.15, 0.2) is 18.2 Å². The third kappa shape index (κ3) is 2.63. The number of aromatic hydroxyl groups is 2. The van der Waals surface area contributed by atoms with Crippen LogP contribution in [0.1, 0.15) is 12.5 Å². The highest BCUT2D eigenvalue weighted by Crippen LogP contribution is 2.24. The molecule has 0 heterocycles. The molecule has 14 heavy (non-hydrogen) atoms. The van der Waals surface area contributed by atoms with Crippen molar-refractivity contribution in [1.82, 2.24) is 0 Å². The maximum absolute atomic E-state index is 11.2. The molecule has 0 radical (unpaired) electrons. The van der Waals surface area contributed by atoms with Crippen molar-refractivity contribution in [3.63, 3.8) is 0 Å². The Morgan fingerprint density at radius 2 is 1.93 bits per heavy atom. The van der Waals surface area contributed by atoms with Crippen molar-refractivity contribution in [2.75, 3.05) is 5.75 Å². The van der Waals surface area contributed by atoms with Gasteiger partial charge in [0.15, 0.2) is 9.84 Å². The van der Waals surface area contributed by atoms with Crippen molar-refractivity contribution < 1.29 is 18.6 Å². The van der Waals surface area contributed by atoms with Gasteiger partial charge in [0.1, 0.15) is 11.5 Å². The van der Waals surface area contributed by atoms with Gasteiger partial charge in [0.2, 0.25) is 0 Å². The summed E-state index contributed by atoms with van der Waals surface area (Å²) in [5.41, 5.74) is 0.310. The van der Waals surface area contributed by atoms with Crippen LogP contribution in [0.4, 0.5) is 0 Å². The number of phenolic OH excluding ortho intramolecular Hbond substituents is 2. The molecule has 0 aliphatic rings. The third-order valence-corrected chi connectivity index (χ3v) is 3.51. The fourth-order valence-corrected chi connectivity index (χ4v) is 1.94. The van der Waals surface area contributed by atoms with Crippen molar-refractivity contribution in [2.24, 2.45) is 0 Å². The van der Waals surface area contributed by atoms with E-state index in [4.69, 9.17) is 5.11 Å². The molecule has 0 spiro atoms. The first-order chi connectivity index (χ1) is 6.44. The lowest BCUT2D eigenvalue weighted by Crippen LogP contribution is -2.06. The van der Waals surface area contributed by atoms with Gasteiger partial charge in [0.25, 0.3) is 0 Å². The lowest BCUT2D eigenvalue weighted by molar-refractivity contribution is 0.447. The predicted molar refractivity (Wildman–Crippen MR) is 52.9 cm³/mol. The maximum atomic E-state index is 11.2. The molecule has 1 aromatic carbocycles. The SMILES string of the molecule is CCS(=O)(=O)Cc1ccc(O)cc1O. The van der Waals surface area contributed by atoms with Gasteiger partial charge in [0.05, 0.1) is 5.75 Å². The van der Waals surface area contributed by atoms with E-state index in [-0.39, 0.29) is 23.0 Å². The minimum absolute atomic E-state index is 0.0350. The normalized spacial score (nSPS) is 11.5. The van der Waals surface area contributed by atoms with E-state index in [1.807, 2.05) is 0 Å². The summed E-state index contributed by atoms with van der Waals surface area (Å²) in [5.74, 6) is -0.440. The Bertz CT molecular complexity index is 422. The molecular formula is C9H12O4S. The summed E-state index contributed by atoms with van der Waals surface area (Å²) >= 11 is 0. The third-order valence-electron chi connectivity index (χ3n) is 1.88. The van der Waals surface area contributed by atoms with E-state index in [1.54, 1.807) is 6.92 Å². The second-order valence-corrected chi connectivity index (χ2v) is 5.34. The zero-order valence-corrected chi connectivity index (χ0v) is 8.58. The van der Waals surface area contributed by atoms with Crippen LogP contribution in [-0.2, 0) is 15.6 Å². The summed E-state index contributed by atoms with van der Waals surface area (Å²) in [6.45, 7) is 1.55. The van der Waals surface area contributed by atoms with E-state index < -0.39 is 9.84 Å². The standard InChI is InChI=1S/C9H12O4S/c1-2-14(12,13)6-7-3-4-8(10)5-9(7)11/h3-5,10-11H,2,6H2,1H3. The Hall–Kier alpha value is -1.23. The van der Waals surface area contributed by atoms with Gasteiger partial charge >= 0.3 is 0 Å². The van der Waals surface area contributed by atoms with E-state index in [0.29, 0.717) is 5.56 Å². The van der Waals surface area contributed by atoms with Crippen molar-refractivity contribution in [1.29, 1.82) is 0 Å². The number of hydrogen-bond donors (Lipinski definition) is 2. The van der Waals surface area contributed by atoms with Crippen LogP contribution >= 0.6 is 0 Å². The molecule has 0 atom stereocenters. The summed E-state index contributed by atoms with van der Waals surface area (Å²) < 4.78 is 22.5. The molecule has 1 rings (SSSR count). The van der Waals surface area contributed by atoms with E-state index in [0.717, 1.165) is 6.07 Å². The largest absolute Gasteiger partial charge is 0.508 e. The fourth-order valence-electron chi connectivity index (χ4n) is 1.01.